The van der Waals surface area contributed by atoms with Gasteiger partial charge in [0, 0.05) is 11.4 Å². The zero-order valence-electron chi connectivity index (χ0n) is 15.4. The summed E-state index contributed by atoms with van der Waals surface area (Å²) in [5, 5.41) is 2.88. The Morgan fingerprint density at radius 2 is 1.93 bits per heavy atom. The molecule has 0 saturated heterocycles. The molecular weight excluding hydrogens is 364 g/mol. The van der Waals surface area contributed by atoms with E-state index in [1.165, 1.54) is 11.8 Å². The number of thioether (sulfide) groups is 1. The number of rotatable bonds is 7. The normalized spacial score (nSPS) is 13.1. The summed E-state index contributed by atoms with van der Waals surface area (Å²) in [5.41, 5.74) is 1.83. The number of anilines is 1. The van der Waals surface area contributed by atoms with Crippen LogP contribution in [-0.2, 0) is 16.0 Å². The highest BCUT2D eigenvalue weighted by molar-refractivity contribution is 8.00. The average Bonchev–Trinajstić information content (AvgIpc) is 2.70. The first-order valence-electron chi connectivity index (χ1n) is 8.62. The van der Waals surface area contributed by atoms with Gasteiger partial charge in [0.2, 0.25) is 11.8 Å². The van der Waals surface area contributed by atoms with E-state index >= 15 is 0 Å². The minimum atomic E-state index is -0.175. The molecule has 2 aromatic carbocycles. The smallest absolute Gasteiger partial charge is 0.240 e. The molecule has 6 nitrogen and oxygen atoms in total. The topological polar surface area (TPSA) is 67.9 Å². The number of ether oxygens (including phenoxy) is 2. The monoisotopic (exact) mass is 386 g/mol. The zero-order valence-corrected chi connectivity index (χ0v) is 16.2. The van der Waals surface area contributed by atoms with Crippen molar-refractivity contribution in [2.24, 2.45) is 0 Å². The van der Waals surface area contributed by atoms with Crippen molar-refractivity contribution in [2.45, 2.75) is 11.3 Å². The molecule has 0 spiro atoms. The molecule has 0 aliphatic carbocycles. The van der Waals surface area contributed by atoms with E-state index in [0.29, 0.717) is 30.2 Å². The molecule has 1 N–H and O–H groups in total. The van der Waals surface area contributed by atoms with Gasteiger partial charge < -0.3 is 19.7 Å². The number of benzene rings is 2. The molecule has 142 valence electrons. The summed E-state index contributed by atoms with van der Waals surface area (Å²) in [7, 11) is 3.19. The SMILES string of the molecule is COc1ccc(CCNC(=O)CN2C(=O)CSc3ccccc32)cc1OC. The third-order valence-electron chi connectivity index (χ3n) is 4.29. The first-order chi connectivity index (χ1) is 13.1. The number of nitrogens with zero attached hydrogens (tertiary/aromatic N) is 1. The first-order valence-corrected chi connectivity index (χ1v) is 9.60. The highest BCUT2D eigenvalue weighted by Gasteiger charge is 2.25. The van der Waals surface area contributed by atoms with E-state index in [0.717, 1.165) is 16.1 Å². The Balaban J connectivity index is 1.55. The molecule has 1 heterocycles. The Bertz CT molecular complexity index is 840. The maximum atomic E-state index is 12.3. The second kappa shape index (κ2) is 8.81. The van der Waals surface area contributed by atoms with Crippen molar-refractivity contribution in [2.75, 3.05) is 38.0 Å². The van der Waals surface area contributed by atoms with Crippen LogP contribution < -0.4 is 19.7 Å². The van der Waals surface area contributed by atoms with E-state index in [1.807, 2.05) is 42.5 Å². The van der Waals surface area contributed by atoms with Gasteiger partial charge in [-0.15, -0.1) is 11.8 Å². The summed E-state index contributed by atoms with van der Waals surface area (Å²) >= 11 is 1.50. The van der Waals surface area contributed by atoms with Gasteiger partial charge in [-0.25, -0.2) is 0 Å². The molecule has 27 heavy (non-hydrogen) atoms. The predicted octanol–water partition coefficient (Wildman–Crippen LogP) is 2.50. The maximum Gasteiger partial charge on any atom is 0.240 e. The predicted molar refractivity (Wildman–Crippen MR) is 106 cm³/mol. The van der Waals surface area contributed by atoms with Crippen LogP contribution in [0, 0.1) is 0 Å². The summed E-state index contributed by atoms with van der Waals surface area (Å²) in [4.78, 5) is 27.1. The lowest BCUT2D eigenvalue weighted by atomic mass is 10.1. The van der Waals surface area contributed by atoms with Crippen LogP contribution in [0.25, 0.3) is 0 Å². The van der Waals surface area contributed by atoms with Crippen molar-refractivity contribution in [1.82, 2.24) is 5.32 Å². The van der Waals surface area contributed by atoms with Gasteiger partial charge in [0.25, 0.3) is 0 Å². The molecule has 0 atom stereocenters. The fraction of sp³-hybridized carbons (Fsp3) is 0.300. The number of methoxy groups -OCH3 is 2. The molecule has 2 aromatic rings. The standard InChI is InChI=1S/C20H22N2O4S/c1-25-16-8-7-14(11-17(16)26-2)9-10-21-19(23)12-22-15-5-3-4-6-18(15)27-13-20(22)24/h3-8,11H,9-10,12-13H2,1-2H3,(H,21,23). The lowest BCUT2D eigenvalue weighted by Crippen LogP contribution is -2.43. The van der Waals surface area contributed by atoms with E-state index in [2.05, 4.69) is 5.32 Å². The van der Waals surface area contributed by atoms with Gasteiger partial charge in [-0.05, 0) is 36.2 Å². The highest BCUT2D eigenvalue weighted by Crippen LogP contribution is 2.34. The first kappa shape index (κ1) is 19.1. The van der Waals surface area contributed by atoms with Crippen LogP contribution in [0.2, 0.25) is 0 Å². The molecule has 0 aromatic heterocycles. The molecule has 0 radical (unpaired) electrons. The maximum absolute atomic E-state index is 12.3. The molecular formula is C20H22N2O4S. The number of carbonyl (C=O) groups excluding carboxylic acids is 2. The molecule has 0 fully saturated rings. The summed E-state index contributed by atoms with van der Waals surface area (Å²) in [5.74, 6) is 1.47. The molecule has 0 saturated carbocycles. The summed E-state index contributed by atoms with van der Waals surface area (Å²) in [6.07, 6.45) is 0.659. The quantitative estimate of drug-likeness (QED) is 0.792. The fourth-order valence-corrected chi connectivity index (χ4v) is 3.84. The number of hydrogen-bond acceptors (Lipinski definition) is 5. The summed E-state index contributed by atoms with van der Waals surface area (Å²) in [6, 6.07) is 13.3. The van der Waals surface area contributed by atoms with Crippen LogP contribution in [0.5, 0.6) is 11.5 Å². The Kier molecular flexibility index (Phi) is 6.24. The van der Waals surface area contributed by atoms with Gasteiger partial charge >= 0.3 is 0 Å². The van der Waals surface area contributed by atoms with Crippen molar-refractivity contribution >= 4 is 29.3 Å². The third kappa shape index (κ3) is 4.54. The van der Waals surface area contributed by atoms with E-state index in [-0.39, 0.29) is 18.4 Å². The van der Waals surface area contributed by atoms with Crippen LogP contribution >= 0.6 is 11.8 Å². The van der Waals surface area contributed by atoms with Gasteiger partial charge in [0.15, 0.2) is 11.5 Å². The lowest BCUT2D eigenvalue weighted by Gasteiger charge is -2.28. The van der Waals surface area contributed by atoms with Crippen molar-refractivity contribution in [1.29, 1.82) is 0 Å². The number of para-hydroxylation sites is 1. The van der Waals surface area contributed by atoms with Crippen molar-refractivity contribution < 1.29 is 19.1 Å². The Morgan fingerprint density at radius 1 is 1.15 bits per heavy atom. The van der Waals surface area contributed by atoms with Gasteiger partial charge in [-0.2, -0.15) is 0 Å². The average molecular weight is 386 g/mol. The van der Waals surface area contributed by atoms with E-state index < -0.39 is 0 Å². The van der Waals surface area contributed by atoms with Gasteiger partial charge in [0.05, 0.1) is 25.7 Å². The number of hydrogen-bond donors (Lipinski definition) is 1. The number of nitrogens with one attached hydrogen (secondary N) is 1. The number of amides is 2. The van der Waals surface area contributed by atoms with E-state index in [1.54, 1.807) is 19.1 Å². The van der Waals surface area contributed by atoms with Crippen molar-refractivity contribution in [3.05, 3.63) is 48.0 Å². The van der Waals surface area contributed by atoms with Gasteiger partial charge in [-0.3, -0.25) is 9.59 Å². The van der Waals surface area contributed by atoms with E-state index in [9.17, 15) is 9.59 Å². The van der Waals surface area contributed by atoms with Gasteiger partial charge in [0.1, 0.15) is 6.54 Å². The second-order valence-electron chi connectivity index (χ2n) is 6.03. The van der Waals surface area contributed by atoms with Gasteiger partial charge in [-0.1, -0.05) is 18.2 Å². The van der Waals surface area contributed by atoms with Crippen LogP contribution in [-0.4, -0.2) is 44.9 Å². The number of fused-ring (bicyclic) bond motifs is 1. The fourth-order valence-electron chi connectivity index (χ4n) is 2.91. The summed E-state index contributed by atoms with van der Waals surface area (Å²) < 4.78 is 10.5. The highest BCUT2D eigenvalue weighted by atomic mass is 32.2. The van der Waals surface area contributed by atoms with Crippen molar-refractivity contribution in [3.8, 4) is 11.5 Å². The molecule has 1 aliphatic rings. The van der Waals surface area contributed by atoms with Crippen molar-refractivity contribution in [3.63, 3.8) is 0 Å². The largest absolute Gasteiger partial charge is 0.493 e. The Hall–Kier alpha value is -2.67. The molecule has 3 rings (SSSR count). The zero-order chi connectivity index (χ0) is 19.2. The van der Waals surface area contributed by atoms with E-state index in [4.69, 9.17) is 9.47 Å². The molecule has 0 unspecified atom stereocenters. The van der Waals surface area contributed by atoms with Crippen LogP contribution in [0.15, 0.2) is 47.4 Å². The number of carbonyl (C=O) groups is 2. The molecule has 2 amide bonds. The second-order valence-corrected chi connectivity index (χ2v) is 7.04. The molecule has 1 aliphatic heterocycles. The Morgan fingerprint density at radius 3 is 2.70 bits per heavy atom. The Labute approximate surface area is 162 Å². The lowest BCUT2D eigenvalue weighted by molar-refractivity contribution is -0.122. The molecule has 7 heteroatoms. The minimum Gasteiger partial charge on any atom is -0.493 e. The van der Waals surface area contributed by atoms with Crippen LogP contribution in [0.1, 0.15) is 5.56 Å². The third-order valence-corrected chi connectivity index (χ3v) is 5.34. The van der Waals surface area contributed by atoms with Crippen LogP contribution in [0.3, 0.4) is 0 Å². The van der Waals surface area contributed by atoms with Crippen LogP contribution in [0.4, 0.5) is 5.69 Å². The molecule has 0 bridgehead atoms. The summed E-state index contributed by atoms with van der Waals surface area (Å²) in [6.45, 7) is 0.509. The minimum absolute atomic E-state index is 0.0301.